The van der Waals surface area contributed by atoms with Gasteiger partial charge in [0.2, 0.25) is 0 Å². The van der Waals surface area contributed by atoms with Crippen LogP contribution in [0.3, 0.4) is 0 Å². The van der Waals surface area contributed by atoms with E-state index in [0.29, 0.717) is 32.3 Å². The first-order valence-corrected chi connectivity index (χ1v) is 10.9. The lowest BCUT2D eigenvalue weighted by atomic mass is 10.1. The summed E-state index contributed by atoms with van der Waals surface area (Å²) in [5.74, 6) is 1.82. The zero-order valence-corrected chi connectivity index (χ0v) is 18.4. The molecule has 2 aliphatic rings. The maximum atomic E-state index is 11.8. The van der Waals surface area contributed by atoms with Gasteiger partial charge in [0, 0.05) is 65.1 Å². The topological polar surface area (TPSA) is 85.3 Å². The summed E-state index contributed by atoms with van der Waals surface area (Å²) in [5, 5.41) is 6.83. The van der Waals surface area contributed by atoms with Crippen LogP contribution in [0.2, 0.25) is 0 Å². The summed E-state index contributed by atoms with van der Waals surface area (Å²) in [6, 6.07) is 4.52. The summed E-state index contributed by atoms with van der Waals surface area (Å²) >= 11 is 0. The molecule has 30 heavy (non-hydrogen) atoms. The van der Waals surface area contributed by atoms with Crippen molar-refractivity contribution in [1.29, 1.82) is 0 Å². The van der Waals surface area contributed by atoms with Crippen molar-refractivity contribution in [3.63, 3.8) is 0 Å². The number of likely N-dealkylation sites (N-methyl/N-ethyl adjacent to an activating group) is 1. The fraction of sp³-hybridized carbons (Fsp3) is 0.667. The molecule has 2 fully saturated rings. The standard InChI is InChI=1S/C21H35N7O2/c1-4-30-21(29)28-9-7-18(8-10-28)25-20(22-2)24-16-17-5-6-19(23-15-17)27-13-11-26(3)12-14-27/h5-6,15,18H,4,7-14,16H2,1-3H3,(H2,22,24,25). The highest BCUT2D eigenvalue weighted by atomic mass is 16.6. The van der Waals surface area contributed by atoms with E-state index >= 15 is 0 Å². The van der Waals surface area contributed by atoms with E-state index in [4.69, 9.17) is 4.74 Å². The Morgan fingerprint density at radius 3 is 2.53 bits per heavy atom. The van der Waals surface area contributed by atoms with Crippen molar-refractivity contribution in [2.45, 2.75) is 32.4 Å². The maximum Gasteiger partial charge on any atom is 0.409 e. The molecule has 1 aromatic rings. The minimum absolute atomic E-state index is 0.217. The van der Waals surface area contributed by atoms with E-state index in [-0.39, 0.29) is 6.09 Å². The lowest BCUT2D eigenvalue weighted by molar-refractivity contribution is 0.0963. The van der Waals surface area contributed by atoms with Crippen LogP contribution in [0.4, 0.5) is 10.6 Å². The van der Waals surface area contributed by atoms with Crippen molar-refractivity contribution in [3.8, 4) is 0 Å². The molecule has 2 N–H and O–H groups in total. The second kappa shape index (κ2) is 11.0. The molecule has 0 aromatic carbocycles. The third-order valence-electron chi connectivity index (χ3n) is 5.68. The average Bonchev–Trinajstić information content (AvgIpc) is 2.78. The lowest BCUT2D eigenvalue weighted by Gasteiger charge is -2.33. The second-order valence-corrected chi connectivity index (χ2v) is 7.85. The van der Waals surface area contributed by atoms with Crippen LogP contribution in [-0.4, -0.2) is 92.8 Å². The van der Waals surface area contributed by atoms with Crippen molar-refractivity contribution in [2.24, 2.45) is 4.99 Å². The van der Waals surface area contributed by atoms with Crippen molar-refractivity contribution < 1.29 is 9.53 Å². The highest BCUT2D eigenvalue weighted by molar-refractivity contribution is 5.80. The molecule has 0 unspecified atom stereocenters. The summed E-state index contributed by atoms with van der Waals surface area (Å²) in [5.41, 5.74) is 1.12. The highest BCUT2D eigenvalue weighted by Crippen LogP contribution is 2.14. The molecule has 0 radical (unpaired) electrons. The van der Waals surface area contributed by atoms with Gasteiger partial charge < -0.3 is 30.1 Å². The predicted molar refractivity (Wildman–Crippen MR) is 119 cm³/mol. The van der Waals surface area contributed by atoms with E-state index in [0.717, 1.165) is 56.4 Å². The number of hydrogen-bond donors (Lipinski definition) is 2. The SMILES string of the molecule is CCOC(=O)N1CCC(NC(=NC)NCc2ccc(N3CCN(C)CC3)nc2)CC1. The number of hydrogen-bond acceptors (Lipinski definition) is 6. The largest absolute Gasteiger partial charge is 0.450 e. The Morgan fingerprint density at radius 1 is 1.20 bits per heavy atom. The number of aromatic nitrogens is 1. The smallest absolute Gasteiger partial charge is 0.409 e. The number of pyridine rings is 1. The molecular formula is C21H35N7O2. The van der Waals surface area contributed by atoms with Gasteiger partial charge in [0.05, 0.1) is 6.61 Å². The van der Waals surface area contributed by atoms with Crippen LogP contribution < -0.4 is 15.5 Å². The number of piperidine rings is 1. The number of rotatable bonds is 5. The minimum Gasteiger partial charge on any atom is -0.450 e. The fourth-order valence-electron chi connectivity index (χ4n) is 3.74. The Morgan fingerprint density at radius 2 is 1.93 bits per heavy atom. The van der Waals surface area contributed by atoms with E-state index < -0.39 is 0 Å². The van der Waals surface area contributed by atoms with Crippen LogP contribution in [0.25, 0.3) is 0 Å². The number of carbonyl (C=O) groups is 1. The van der Waals surface area contributed by atoms with Gasteiger partial charge in [-0.25, -0.2) is 9.78 Å². The number of nitrogens with zero attached hydrogens (tertiary/aromatic N) is 5. The molecule has 0 atom stereocenters. The Labute approximate surface area is 179 Å². The van der Waals surface area contributed by atoms with Crippen molar-refractivity contribution in [2.75, 3.05) is 64.9 Å². The summed E-state index contributed by atoms with van der Waals surface area (Å²) in [6.45, 7) is 8.50. The first kappa shape index (κ1) is 22.1. The monoisotopic (exact) mass is 417 g/mol. The molecule has 3 heterocycles. The van der Waals surface area contributed by atoms with Crippen LogP contribution in [0, 0.1) is 0 Å². The number of carbonyl (C=O) groups excluding carboxylic acids is 1. The quantitative estimate of drug-likeness (QED) is 0.549. The van der Waals surface area contributed by atoms with E-state index in [2.05, 4.69) is 49.6 Å². The number of piperazine rings is 1. The van der Waals surface area contributed by atoms with Gasteiger partial charge in [-0.15, -0.1) is 0 Å². The molecule has 1 amide bonds. The van der Waals surface area contributed by atoms with Gasteiger partial charge in [0.25, 0.3) is 0 Å². The number of amides is 1. The molecule has 0 aliphatic carbocycles. The number of anilines is 1. The van der Waals surface area contributed by atoms with E-state index in [1.807, 2.05) is 13.1 Å². The number of nitrogens with one attached hydrogen (secondary N) is 2. The van der Waals surface area contributed by atoms with E-state index in [1.54, 1.807) is 11.9 Å². The van der Waals surface area contributed by atoms with Gasteiger partial charge in [-0.05, 0) is 38.4 Å². The number of ether oxygens (including phenoxy) is 1. The highest BCUT2D eigenvalue weighted by Gasteiger charge is 2.24. The summed E-state index contributed by atoms with van der Waals surface area (Å²) in [6.07, 6.45) is 3.47. The van der Waals surface area contributed by atoms with Crippen LogP contribution in [0.1, 0.15) is 25.3 Å². The summed E-state index contributed by atoms with van der Waals surface area (Å²) in [7, 11) is 3.93. The number of aliphatic imine (C=N–C) groups is 1. The third-order valence-corrected chi connectivity index (χ3v) is 5.68. The van der Waals surface area contributed by atoms with Gasteiger partial charge in [-0.1, -0.05) is 6.07 Å². The third kappa shape index (κ3) is 6.22. The van der Waals surface area contributed by atoms with Gasteiger partial charge >= 0.3 is 6.09 Å². The average molecular weight is 418 g/mol. The Bertz CT molecular complexity index is 694. The molecule has 2 aliphatic heterocycles. The molecule has 1 aromatic heterocycles. The zero-order chi connectivity index (χ0) is 21.3. The molecule has 0 bridgehead atoms. The molecule has 0 saturated carbocycles. The van der Waals surface area contributed by atoms with Gasteiger partial charge in [0.1, 0.15) is 5.82 Å². The molecular weight excluding hydrogens is 382 g/mol. The Kier molecular flexibility index (Phi) is 8.12. The Hall–Kier alpha value is -2.55. The summed E-state index contributed by atoms with van der Waals surface area (Å²) < 4.78 is 5.08. The molecule has 9 heteroatoms. The molecule has 166 valence electrons. The second-order valence-electron chi connectivity index (χ2n) is 7.85. The first-order chi connectivity index (χ1) is 14.6. The van der Waals surface area contributed by atoms with Crippen LogP contribution >= 0.6 is 0 Å². The zero-order valence-electron chi connectivity index (χ0n) is 18.4. The molecule has 3 rings (SSSR count). The van der Waals surface area contributed by atoms with Crippen LogP contribution in [-0.2, 0) is 11.3 Å². The van der Waals surface area contributed by atoms with Gasteiger partial charge in [-0.2, -0.15) is 0 Å². The molecule has 0 spiro atoms. The predicted octanol–water partition coefficient (Wildman–Crippen LogP) is 1.12. The van der Waals surface area contributed by atoms with Gasteiger partial charge in [-0.3, -0.25) is 4.99 Å². The number of likely N-dealkylation sites (tertiary alicyclic amines) is 1. The lowest BCUT2D eigenvalue weighted by Crippen LogP contribution is -2.49. The Balaban J connectivity index is 1.42. The molecule has 9 nitrogen and oxygen atoms in total. The van der Waals surface area contributed by atoms with Crippen LogP contribution in [0.5, 0.6) is 0 Å². The van der Waals surface area contributed by atoms with Crippen LogP contribution in [0.15, 0.2) is 23.3 Å². The van der Waals surface area contributed by atoms with Crippen molar-refractivity contribution in [3.05, 3.63) is 23.9 Å². The normalized spacial score (nSPS) is 19.0. The minimum atomic E-state index is -0.217. The van der Waals surface area contributed by atoms with E-state index in [9.17, 15) is 4.79 Å². The van der Waals surface area contributed by atoms with Crippen molar-refractivity contribution in [1.82, 2.24) is 25.4 Å². The van der Waals surface area contributed by atoms with E-state index in [1.165, 1.54) is 0 Å². The van der Waals surface area contributed by atoms with Gasteiger partial charge in [0.15, 0.2) is 5.96 Å². The summed E-state index contributed by atoms with van der Waals surface area (Å²) in [4.78, 5) is 27.2. The number of guanidine groups is 1. The molecule has 2 saturated heterocycles. The maximum absolute atomic E-state index is 11.8. The van der Waals surface area contributed by atoms with Crippen molar-refractivity contribution >= 4 is 17.9 Å². The fourth-order valence-corrected chi connectivity index (χ4v) is 3.74. The first-order valence-electron chi connectivity index (χ1n) is 10.9.